The minimum atomic E-state index is -4.55. The van der Waals surface area contributed by atoms with Gasteiger partial charge in [-0.1, -0.05) is 25.5 Å². The zero-order valence-corrected chi connectivity index (χ0v) is 16.2. The molecule has 2 fully saturated rings. The van der Waals surface area contributed by atoms with Crippen molar-refractivity contribution in [2.45, 2.75) is 43.9 Å². The Hall–Kier alpha value is -1.94. The van der Waals surface area contributed by atoms with E-state index in [0.29, 0.717) is 23.7 Å². The van der Waals surface area contributed by atoms with E-state index in [9.17, 15) is 31.2 Å². The van der Waals surface area contributed by atoms with Crippen LogP contribution in [0.15, 0.2) is 24.3 Å². The second kappa shape index (κ2) is 6.84. The monoisotopic (exact) mass is 418 g/mol. The summed E-state index contributed by atoms with van der Waals surface area (Å²) < 4.78 is 64.0. The molecule has 10 heteroatoms. The van der Waals surface area contributed by atoms with E-state index in [4.69, 9.17) is 0 Å². The number of benzene rings is 1. The van der Waals surface area contributed by atoms with E-state index in [1.807, 2.05) is 6.92 Å². The topological polar surface area (TPSA) is 83.6 Å². The van der Waals surface area contributed by atoms with Crippen LogP contribution >= 0.6 is 0 Å². The first-order valence-corrected chi connectivity index (χ1v) is 10.8. The largest absolute Gasteiger partial charge is 0.416 e. The van der Waals surface area contributed by atoms with Crippen LogP contribution in [-0.4, -0.2) is 48.8 Å². The summed E-state index contributed by atoms with van der Waals surface area (Å²) in [4.78, 5) is 26.3. The van der Waals surface area contributed by atoms with E-state index in [-0.39, 0.29) is 12.0 Å². The Morgan fingerprint density at radius 2 is 1.89 bits per heavy atom. The minimum absolute atomic E-state index is 0.0553. The number of fused-ring (bicyclic) bond motifs is 1. The standard InChI is InChI=1S/C18H21F3N2O4S/c1-3-4-13-14-17(9-10-22-14,23(16(13)25)28(2,26)27)15(24)11-5-7-12(8-6-11)18(19,20)21/h5-8,13-14,22H,3-4,9-10H2,1-2H3/t13-,14-,17+/m1/s1. The van der Waals surface area contributed by atoms with Gasteiger partial charge < -0.3 is 5.32 Å². The SMILES string of the molecule is CCC[C@H]1C(=O)N(S(C)(=O)=O)[C@@]2(C(=O)c3ccc(C(F)(F)F)cc3)CCN[C@H]12. The van der Waals surface area contributed by atoms with Crippen molar-refractivity contribution in [2.24, 2.45) is 5.92 Å². The van der Waals surface area contributed by atoms with Gasteiger partial charge in [-0.05, 0) is 31.5 Å². The number of amides is 1. The molecule has 6 nitrogen and oxygen atoms in total. The Morgan fingerprint density at radius 3 is 2.39 bits per heavy atom. The van der Waals surface area contributed by atoms with Crippen LogP contribution in [0.3, 0.4) is 0 Å². The molecule has 1 aromatic rings. The molecule has 0 aromatic heterocycles. The molecule has 28 heavy (non-hydrogen) atoms. The number of Topliss-reactive ketones (excluding diaryl/α,β-unsaturated/α-hetero) is 1. The van der Waals surface area contributed by atoms with Crippen molar-refractivity contribution in [2.75, 3.05) is 12.8 Å². The lowest BCUT2D eigenvalue weighted by Gasteiger charge is -2.35. The molecule has 2 aliphatic heterocycles. The molecular weight excluding hydrogens is 397 g/mol. The van der Waals surface area contributed by atoms with Gasteiger partial charge in [-0.2, -0.15) is 13.2 Å². The molecule has 0 aliphatic carbocycles. The lowest BCUT2D eigenvalue weighted by atomic mass is 9.80. The highest BCUT2D eigenvalue weighted by Crippen LogP contribution is 2.46. The van der Waals surface area contributed by atoms with Gasteiger partial charge in [0.1, 0.15) is 5.54 Å². The number of hydrogen-bond acceptors (Lipinski definition) is 5. The first-order valence-electron chi connectivity index (χ1n) is 8.94. The molecule has 0 spiro atoms. The van der Waals surface area contributed by atoms with Crippen molar-refractivity contribution in [3.63, 3.8) is 0 Å². The maximum Gasteiger partial charge on any atom is 0.416 e. The molecule has 1 amide bonds. The number of sulfonamides is 1. The molecular formula is C18H21F3N2O4S. The first kappa shape index (κ1) is 20.8. The second-order valence-corrected chi connectivity index (χ2v) is 9.10. The predicted molar refractivity (Wildman–Crippen MR) is 95.0 cm³/mol. The van der Waals surface area contributed by atoms with Crippen LogP contribution in [0.5, 0.6) is 0 Å². The van der Waals surface area contributed by atoms with Crippen molar-refractivity contribution in [1.29, 1.82) is 0 Å². The van der Waals surface area contributed by atoms with Gasteiger partial charge in [0.25, 0.3) is 0 Å². The third-order valence-electron chi connectivity index (χ3n) is 5.47. The van der Waals surface area contributed by atoms with Crippen LogP contribution in [0.25, 0.3) is 0 Å². The number of carbonyl (C=O) groups is 2. The van der Waals surface area contributed by atoms with Gasteiger partial charge in [0.05, 0.1) is 23.8 Å². The van der Waals surface area contributed by atoms with Crippen LogP contribution in [0.4, 0.5) is 13.2 Å². The Kier molecular flexibility index (Phi) is 5.08. The summed E-state index contributed by atoms with van der Waals surface area (Å²) in [6.45, 7) is 2.18. The van der Waals surface area contributed by atoms with Crippen molar-refractivity contribution in [3.8, 4) is 0 Å². The Morgan fingerprint density at radius 1 is 1.29 bits per heavy atom. The first-order chi connectivity index (χ1) is 12.9. The molecule has 1 aromatic carbocycles. The summed E-state index contributed by atoms with van der Waals surface area (Å²) in [6, 6.07) is 2.93. The molecule has 2 aliphatic rings. The number of alkyl halides is 3. The zero-order valence-electron chi connectivity index (χ0n) is 15.4. The summed E-state index contributed by atoms with van der Waals surface area (Å²) in [6.07, 6.45) is -2.57. The van der Waals surface area contributed by atoms with Crippen LogP contribution in [0.1, 0.15) is 42.1 Å². The molecule has 2 heterocycles. The highest BCUT2D eigenvalue weighted by molar-refractivity contribution is 7.89. The van der Waals surface area contributed by atoms with Gasteiger partial charge in [-0.25, -0.2) is 12.7 Å². The Bertz CT molecular complexity index is 898. The summed E-state index contributed by atoms with van der Waals surface area (Å²) in [5.74, 6) is -1.98. The zero-order chi connectivity index (χ0) is 20.9. The lowest BCUT2D eigenvalue weighted by Crippen LogP contribution is -2.58. The normalized spacial score (nSPS) is 27.9. The van der Waals surface area contributed by atoms with Crippen LogP contribution in [0.2, 0.25) is 0 Å². The fraction of sp³-hybridized carbons (Fsp3) is 0.556. The Balaban J connectivity index is 2.10. The fourth-order valence-corrected chi connectivity index (χ4v) is 5.75. The van der Waals surface area contributed by atoms with Crippen LogP contribution in [0, 0.1) is 5.92 Å². The number of nitrogens with one attached hydrogen (secondary N) is 1. The van der Waals surface area contributed by atoms with Gasteiger partial charge in [-0.15, -0.1) is 0 Å². The predicted octanol–water partition coefficient (Wildman–Crippen LogP) is 2.21. The van der Waals surface area contributed by atoms with E-state index in [0.717, 1.165) is 30.5 Å². The molecule has 0 bridgehead atoms. The summed E-state index contributed by atoms with van der Waals surface area (Å²) in [5.41, 5.74) is -2.61. The van der Waals surface area contributed by atoms with Crippen molar-refractivity contribution in [3.05, 3.63) is 35.4 Å². The number of nitrogens with zero attached hydrogens (tertiary/aromatic N) is 1. The average molecular weight is 418 g/mol. The summed E-state index contributed by atoms with van der Waals surface area (Å²) >= 11 is 0. The number of carbonyl (C=O) groups excluding carboxylic acids is 2. The summed E-state index contributed by atoms with van der Waals surface area (Å²) in [5, 5.41) is 3.09. The van der Waals surface area contributed by atoms with Gasteiger partial charge in [0.2, 0.25) is 15.9 Å². The van der Waals surface area contributed by atoms with Crippen molar-refractivity contribution < 1.29 is 31.2 Å². The van der Waals surface area contributed by atoms with E-state index in [2.05, 4.69) is 5.32 Å². The van der Waals surface area contributed by atoms with E-state index < -0.39 is 51.0 Å². The highest BCUT2D eigenvalue weighted by atomic mass is 32.2. The van der Waals surface area contributed by atoms with Crippen LogP contribution in [-0.2, 0) is 21.0 Å². The number of ketones is 1. The summed E-state index contributed by atoms with van der Waals surface area (Å²) in [7, 11) is -4.06. The van der Waals surface area contributed by atoms with Gasteiger partial charge in [-0.3, -0.25) is 9.59 Å². The van der Waals surface area contributed by atoms with Gasteiger partial charge >= 0.3 is 6.18 Å². The number of halogens is 3. The number of rotatable bonds is 5. The molecule has 2 saturated heterocycles. The molecule has 3 rings (SSSR count). The smallest absolute Gasteiger partial charge is 0.310 e. The Labute approximate surface area is 161 Å². The molecule has 154 valence electrons. The second-order valence-electron chi connectivity index (χ2n) is 7.27. The lowest BCUT2D eigenvalue weighted by molar-refractivity contribution is -0.137. The average Bonchev–Trinajstić information content (AvgIpc) is 3.10. The molecule has 3 atom stereocenters. The van der Waals surface area contributed by atoms with Crippen molar-refractivity contribution in [1.82, 2.24) is 9.62 Å². The third-order valence-corrected chi connectivity index (χ3v) is 6.63. The van der Waals surface area contributed by atoms with E-state index in [1.165, 1.54) is 0 Å². The highest BCUT2D eigenvalue weighted by Gasteiger charge is 2.67. The molecule has 1 N–H and O–H groups in total. The maximum atomic E-state index is 13.4. The van der Waals surface area contributed by atoms with E-state index in [1.54, 1.807) is 0 Å². The van der Waals surface area contributed by atoms with Crippen LogP contribution < -0.4 is 5.32 Å². The molecule has 0 unspecified atom stereocenters. The van der Waals surface area contributed by atoms with Gasteiger partial charge in [0.15, 0.2) is 5.78 Å². The molecule has 0 saturated carbocycles. The third kappa shape index (κ3) is 3.12. The van der Waals surface area contributed by atoms with Crippen molar-refractivity contribution >= 4 is 21.7 Å². The fourth-order valence-electron chi connectivity index (χ4n) is 4.40. The minimum Gasteiger partial charge on any atom is -0.310 e. The number of hydrogen-bond donors (Lipinski definition) is 1. The maximum absolute atomic E-state index is 13.4. The molecule has 0 radical (unpaired) electrons. The van der Waals surface area contributed by atoms with E-state index >= 15 is 0 Å². The van der Waals surface area contributed by atoms with Gasteiger partial charge in [0, 0.05) is 5.56 Å². The quantitative estimate of drug-likeness (QED) is 0.742.